The highest BCUT2D eigenvalue weighted by atomic mass is 16.5. The fourth-order valence-electron chi connectivity index (χ4n) is 1.75. The van der Waals surface area contributed by atoms with Crippen molar-refractivity contribution >= 4 is 0 Å². The molecule has 3 heteroatoms. The van der Waals surface area contributed by atoms with E-state index < -0.39 is 0 Å². The minimum Gasteiger partial charge on any atom is -0.496 e. The Hall–Kier alpha value is -1.22. The van der Waals surface area contributed by atoms with Crippen LogP contribution in [0.3, 0.4) is 0 Å². The van der Waals surface area contributed by atoms with Crippen LogP contribution < -0.4 is 15.2 Å². The molecule has 0 aliphatic heterocycles. The fourth-order valence-corrected chi connectivity index (χ4v) is 1.75. The molecule has 1 rings (SSSR count). The Morgan fingerprint density at radius 3 is 2.06 bits per heavy atom. The third-order valence-electron chi connectivity index (χ3n) is 3.06. The number of ether oxygens (including phenoxy) is 2. The van der Waals surface area contributed by atoms with E-state index in [-0.39, 0.29) is 6.04 Å². The molecule has 0 saturated carbocycles. The molecule has 1 unspecified atom stereocenters. The molecule has 0 bridgehead atoms. The summed E-state index contributed by atoms with van der Waals surface area (Å²) in [7, 11) is 3.31. The molecule has 1 aromatic carbocycles. The van der Waals surface area contributed by atoms with Crippen molar-refractivity contribution in [2.24, 2.45) is 11.7 Å². The van der Waals surface area contributed by atoms with Gasteiger partial charge in [0.05, 0.1) is 19.8 Å². The Morgan fingerprint density at radius 1 is 1.19 bits per heavy atom. The van der Waals surface area contributed by atoms with Crippen LogP contribution in [0.5, 0.6) is 11.5 Å². The van der Waals surface area contributed by atoms with Gasteiger partial charge in [-0.05, 0) is 18.1 Å². The normalized spacial score (nSPS) is 14.3. The second-order valence-electron chi connectivity index (χ2n) is 3.99. The molecule has 3 nitrogen and oxygen atoms in total. The van der Waals surface area contributed by atoms with Gasteiger partial charge in [-0.3, -0.25) is 0 Å². The summed E-state index contributed by atoms with van der Waals surface area (Å²) >= 11 is 0. The average Bonchev–Trinajstić information content (AvgIpc) is 2.35. The Labute approximate surface area is 97.6 Å². The second kappa shape index (κ2) is 5.75. The average molecular weight is 223 g/mol. The van der Waals surface area contributed by atoms with Gasteiger partial charge in [0.1, 0.15) is 11.5 Å². The van der Waals surface area contributed by atoms with E-state index in [1.54, 1.807) is 14.2 Å². The first-order valence-electron chi connectivity index (χ1n) is 5.62. The van der Waals surface area contributed by atoms with Crippen LogP contribution in [0, 0.1) is 5.92 Å². The van der Waals surface area contributed by atoms with Gasteiger partial charge < -0.3 is 15.2 Å². The lowest BCUT2D eigenvalue weighted by Crippen LogP contribution is -2.20. The van der Waals surface area contributed by atoms with Crippen molar-refractivity contribution in [1.29, 1.82) is 0 Å². The number of nitrogens with two attached hydrogens (primary N) is 1. The molecule has 0 amide bonds. The Bertz CT molecular complexity index is 316. The summed E-state index contributed by atoms with van der Waals surface area (Å²) < 4.78 is 10.7. The van der Waals surface area contributed by atoms with Crippen LogP contribution in [0.2, 0.25) is 0 Å². The van der Waals surface area contributed by atoms with E-state index in [4.69, 9.17) is 15.2 Å². The second-order valence-corrected chi connectivity index (χ2v) is 3.99. The summed E-state index contributed by atoms with van der Waals surface area (Å²) in [5, 5.41) is 0. The molecular weight excluding hydrogens is 202 g/mol. The minimum atomic E-state index is -0.0592. The predicted octanol–water partition coefficient (Wildman–Crippen LogP) is 2.75. The van der Waals surface area contributed by atoms with E-state index in [0.717, 1.165) is 23.5 Å². The molecule has 0 spiro atoms. The van der Waals surface area contributed by atoms with Gasteiger partial charge in [0, 0.05) is 6.04 Å². The van der Waals surface area contributed by atoms with Gasteiger partial charge in [-0.2, -0.15) is 0 Å². The Morgan fingerprint density at radius 2 is 1.69 bits per heavy atom. The molecule has 0 aliphatic carbocycles. The van der Waals surface area contributed by atoms with Gasteiger partial charge in [0.2, 0.25) is 0 Å². The van der Waals surface area contributed by atoms with Gasteiger partial charge in [-0.1, -0.05) is 26.3 Å². The van der Waals surface area contributed by atoms with Crippen molar-refractivity contribution in [3.05, 3.63) is 23.8 Å². The summed E-state index contributed by atoms with van der Waals surface area (Å²) in [4.78, 5) is 0. The smallest absolute Gasteiger partial charge is 0.127 e. The van der Waals surface area contributed by atoms with Crippen molar-refractivity contribution in [2.75, 3.05) is 14.2 Å². The van der Waals surface area contributed by atoms with E-state index in [2.05, 4.69) is 13.8 Å². The van der Waals surface area contributed by atoms with Crippen LogP contribution in [0.4, 0.5) is 0 Å². The summed E-state index contributed by atoms with van der Waals surface area (Å²) in [6.07, 6.45) is 1.03. The number of rotatable bonds is 5. The van der Waals surface area contributed by atoms with Crippen LogP contribution >= 0.6 is 0 Å². The third-order valence-corrected chi connectivity index (χ3v) is 3.06. The molecule has 16 heavy (non-hydrogen) atoms. The van der Waals surface area contributed by atoms with E-state index >= 15 is 0 Å². The number of hydrogen-bond donors (Lipinski definition) is 1. The van der Waals surface area contributed by atoms with E-state index in [0.29, 0.717) is 5.92 Å². The molecule has 0 heterocycles. The quantitative estimate of drug-likeness (QED) is 0.834. The van der Waals surface area contributed by atoms with Gasteiger partial charge >= 0.3 is 0 Å². The zero-order chi connectivity index (χ0) is 12.1. The SMILES string of the molecule is CCC(C)[C@@H](N)c1c(OC)cccc1OC. The Balaban J connectivity index is 3.17. The summed E-state index contributed by atoms with van der Waals surface area (Å²) in [5.74, 6) is 1.99. The molecule has 2 N–H and O–H groups in total. The molecular formula is C13H21NO2. The highest BCUT2D eigenvalue weighted by Crippen LogP contribution is 2.36. The fraction of sp³-hybridized carbons (Fsp3) is 0.538. The van der Waals surface area contributed by atoms with Crippen molar-refractivity contribution in [3.63, 3.8) is 0 Å². The van der Waals surface area contributed by atoms with Crippen LogP contribution in [-0.2, 0) is 0 Å². The molecule has 0 aliphatic rings. The van der Waals surface area contributed by atoms with Crippen LogP contribution in [-0.4, -0.2) is 14.2 Å². The maximum atomic E-state index is 6.24. The van der Waals surface area contributed by atoms with E-state index in [1.165, 1.54) is 0 Å². The molecule has 0 radical (unpaired) electrons. The topological polar surface area (TPSA) is 44.5 Å². The van der Waals surface area contributed by atoms with Gasteiger partial charge in [-0.15, -0.1) is 0 Å². The monoisotopic (exact) mass is 223 g/mol. The number of benzene rings is 1. The molecule has 0 aromatic heterocycles. The maximum Gasteiger partial charge on any atom is 0.127 e. The molecule has 1 aromatic rings. The highest BCUT2D eigenvalue weighted by molar-refractivity contribution is 5.47. The lowest BCUT2D eigenvalue weighted by Gasteiger charge is -2.23. The predicted molar refractivity (Wildman–Crippen MR) is 65.9 cm³/mol. The lowest BCUT2D eigenvalue weighted by atomic mass is 9.92. The lowest BCUT2D eigenvalue weighted by molar-refractivity contribution is 0.360. The highest BCUT2D eigenvalue weighted by Gasteiger charge is 2.21. The van der Waals surface area contributed by atoms with Crippen LogP contribution in [0.25, 0.3) is 0 Å². The zero-order valence-electron chi connectivity index (χ0n) is 10.5. The molecule has 2 atom stereocenters. The van der Waals surface area contributed by atoms with Gasteiger partial charge in [0.15, 0.2) is 0 Å². The number of hydrogen-bond acceptors (Lipinski definition) is 3. The summed E-state index contributed by atoms with van der Waals surface area (Å²) in [6, 6.07) is 5.68. The Kier molecular flexibility index (Phi) is 4.62. The minimum absolute atomic E-state index is 0.0592. The molecule has 0 saturated heterocycles. The van der Waals surface area contributed by atoms with Crippen molar-refractivity contribution in [2.45, 2.75) is 26.3 Å². The third kappa shape index (κ3) is 2.47. The summed E-state index contributed by atoms with van der Waals surface area (Å²) in [5.41, 5.74) is 7.20. The van der Waals surface area contributed by atoms with Crippen LogP contribution in [0.15, 0.2) is 18.2 Å². The molecule has 0 fully saturated rings. The molecule has 90 valence electrons. The number of methoxy groups -OCH3 is 2. The standard InChI is InChI=1S/C13H21NO2/c1-5-9(2)13(14)12-10(15-3)7-6-8-11(12)16-4/h6-9,13H,5,14H2,1-4H3/t9?,13-/m1/s1. The first-order chi connectivity index (χ1) is 7.65. The first-order valence-corrected chi connectivity index (χ1v) is 5.62. The van der Waals surface area contributed by atoms with Crippen molar-refractivity contribution in [1.82, 2.24) is 0 Å². The van der Waals surface area contributed by atoms with E-state index in [9.17, 15) is 0 Å². The van der Waals surface area contributed by atoms with E-state index in [1.807, 2.05) is 18.2 Å². The first kappa shape index (κ1) is 12.8. The van der Waals surface area contributed by atoms with Gasteiger partial charge in [0.25, 0.3) is 0 Å². The zero-order valence-corrected chi connectivity index (χ0v) is 10.5. The van der Waals surface area contributed by atoms with Crippen molar-refractivity contribution < 1.29 is 9.47 Å². The van der Waals surface area contributed by atoms with Gasteiger partial charge in [-0.25, -0.2) is 0 Å². The van der Waals surface area contributed by atoms with Crippen LogP contribution in [0.1, 0.15) is 31.9 Å². The summed E-state index contributed by atoms with van der Waals surface area (Å²) in [6.45, 7) is 4.27. The van der Waals surface area contributed by atoms with Crippen molar-refractivity contribution in [3.8, 4) is 11.5 Å². The maximum absolute atomic E-state index is 6.24. The largest absolute Gasteiger partial charge is 0.496 e.